The minimum atomic E-state index is -0.579. The summed E-state index contributed by atoms with van der Waals surface area (Å²) in [5.74, 6) is -0.579. The molecule has 0 atom stereocenters. The Labute approximate surface area is 65.4 Å². The second kappa shape index (κ2) is 5.88. The first-order valence-corrected chi connectivity index (χ1v) is 3.17. The van der Waals surface area contributed by atoms with Crippen molar-refractivity contribution in [2.24, 2.45) is 0 Å². The van der Waals surface area contributed by atoms with Crippen molar-refractivity contribution < 1.29 is 19.4 Å². The lowest BCUT2D eigenvalue weighted by atomic mass is 10.3. The van der Waals surface area contributed by atoms with Gasteiger partial charge in [0.2, 0.25) is 0 Å². The molecule has 0 saturated heterocycles. The highest BCUT2D eigenvalue weighted by molar-refractivity contribution is 5.87. The van der Waals surface area contributed by atoms with Gasteiger partial charge in [-0.25, -0.2) is 4.79 Å². The van der Waals surface area contributed by atoms with Gasteiger partial charge in [-0.05, 0) is 0 Å². The van der Waals surface area contributed by atoms with Crippen molar-refractivity contribution in [3.8, 4) is 0 Å². The number of aliphatic hydroxyl groups excluding tert-OH is 1. The Morgan fingerprint density at radius 1 is 1.55 bits per heavy atom. The number of methoxy groups -OCH3 is 1. The molecule has 0 saturated carbocycles. The Kier molecular flexibility index (Phi) is 5.42. The van der Waals surface area contributed by atoms with Crippen LogP contribution in [-0.4, -0.2) is 38.0 Å². The summed E-state index contributed by atoms with van der Waals surface area (Å²) in [5, 5.41) is 8.43. The van der Waals surface area contributed by atoms with E-state index in [9.17, 15) is 4.79 Å². The molecule has 1 N–H and O–H groups in total. The topological polar surface area (TPSA) is 55.8 Å². The van der Waals surface area contributed by atoms with Crippen LogP contribution >= 0.6 is 0 Å². The molecule has 0 unspecified atom stereocenters. The highest BCUT2D eigenvalue weighted by Gasteiger charge is 2.05. The van der Waals surface area contributed by atoms with Gasteiger partial charge in [-0.2, -0.15) is 0 Å². The van der Waals surface area contributed by atoms with E-state index in [-0.39, 0.29) is 18.8 Å². The number of esters is 1. The van der Waals surface area contributed by atoms with Gasteiger partial charge in [0.15, 0.2) is 0 Å². The number of carbonyl (C=O) groups is 1. The van der Waals surface area contributed by atoms with Crippen molar-refractivity contribution in [1.82, 2.24) is 0 Å². The van der Waals surface area contributed by atoms with Crippen molar-refractivity contribution >= 4 is 5.97 Å². The number of carbonyl (C=O) groups excluding carboxylic acids is 1. The van der Waals surface area contributed by atoms with E-state index in [2.05, 4.69) is 16.1 Å². The standard InChI is InChI=1S/C7H12O4/c1-6(5-8)7(9)11-4-3-10-2/h8H,1,3-5H2,2H3. The molecule has 0 aromatic heterocycles. The molecule has 0 aromatic rings. The molecule has 11 heavy (non-hydrogen) atoms. The zero-order chi connectivity index (χ0) is 8.69. The molecule has 0 aliphatic rings. The maximum atomic E-state index is 10.7. The lowest BCUT2D eigenvalue weighted by Crippen LogP contribution is -2.13. The fourth-order valence-electron chi connectivity index (χ4n) is 0.384. The largest absolute Gasteiger partial charge is 0.460 e. The van der Waals surface area contributed by atoms with Crippen LogP contribution in [0.25, 0.3) is 0 Å². The van der Waals surface area contributed by atoms with E-state index < -0.39 is 5.97 Å². The average Bonchev–Trinajstić information content (AvgIpc) is 2.03. The number of aliphatic hydroxyl groups is 1. The van der Waals surface area contributed by atoms with Crippen molar-refractivity contribution in [2.45, 2.75) is 0 Å². The monoisotopic (exact) mass is 160 g/mol. The smallest absolute Gasteiger partial charge is 0.335 e. The molecule has 0 radical (unpaired) electrons. The van der Waals surface area contributed by atoms with Crippen LogP contribution in [0.2, 0.25) is 0 Å². The number of hydrogen-bond acceptors (Lipinski definition) is 4. The summed E-state index contributed by atoms with van der Waals surface area (Å²) in [7, 11) is 1.51. The number of ether oxygens (including phenoxy) is 2. The Balaban J connectivity index is 3.44. The van der Waals surface area contributed by atoms with Crippen molar-refractivity contribution in [3.63, 3.8) is 0 Å². The van der Waals surface area contributed by atoms with E-state index in [1.165, 1.54) is 7.11 Å². The third-order valence-corrected chi connectivity index (χ3v) is 1.00. The van der Waals surface area contributed by atoms with E-state index in [0.717, 1.165) is 0 Å². The normalized spacial score (nSPS) is 9.27. The van der Waals surface area contributed by atoms with E-state index in [4.69, 9.17) is 5.11 Å². The maximum Gasteiger partial charge on any atom is 0.335 e. The lowest BCUT2D eigenvalue weighted by molar-refractivity contribution is -0.140. The van der Waals surface area contributed by atoms with Crippen LogP contribution in [0.5, 0.6) is 0 Å². The molecule has 0 fully saturated rings. The summed E-state index contributed by atoms with van der Waals surface area (Å²) in [6.07, 6.45) is 0. The van der Waals surface area contributed by atoms with Crippen molar-refractivity contribution in [1.29, 1.82) is 0 Å². The Morgan fingerprint density at radius 2 is 2.18 bits per heavy atom. The van der Waals surface area contributed by atoms with Gasteiger partial charge < -0.3 is 14.6 Å². The minimum Gasteiger partial charge on any atom is -0.460 e. The molecule has 4 nitrogen and oxygen atoms in total. The van der Waals surface area contributed by atoms with Crippen molar-refractivity contribution in [3.05, 3.63) is 12.2 Å². The number of rotatable bonds is 5. The first-order chi connectivity index (χ1) is 5.22. The van der Waals surface area contributed by atoms with Gasteiger partial charge >= 0.3 is 5.97 Å². The fourth-order valence-corrected chi connectivity index (χ4v) is 0.384. The molecule has 4 heteroatoms. The minimum absolute atomic E-state index is 0.0566. The van der Waals surface area contributed by atoms with Gasteiger partial charge in [0.1, 0.15) is 6.61 Å². The first kappa shape index (κ1) is 10.1. The quantitative estimate of drug-likeness (QED) is 0.341. The van der Waals surface area contributed by atoms with Crippen LogP contribution in [0.3, 0.4) is 0 Å². The zero-order valence-electron chi connectivity index (χ0n) is 6.50. The highest BCUT2D eigenvalue weighted by Crippen LogP contribution is 1.91. The molecule has 0 heterocycles. The summed E-state index contributed by atoms with van der Waals surface area (Å²) in [5.41, 5.74) is 0.0566. The Morgan fingerprint density at radius 3 is 2.64 bits per heavy atom. The van der Waals surface area contributed by atoms with E-state index in [0.29, 0.717) is 6.61 Å². The molecule has 0 spiro atoms. The molecule has 0 amide bonds. The molecule has 0 aromatic carbocycles. The Hall–Kier alpha value is -0.870. The van der Waals surface area contributed by atoms with Gasteiger partial charge in [0, 0.05) is 7.11 Å². The van der Waals surface area contributed by atoms with E-state index in [1.807, 2.05) is 0 Å². The van der Waals surface area contributed by atoms with Crippen LogP contribution < -0.4 is 0 Å². The van der Waals surface area contributed by atoms with Crippen LogP contribution in [0, 0.1) is 0 Å². The second-order valence-electron chi connectivity index (χ2n) is 1.89. The van der Waals surface area contributed by atoms with Gasteiger partial charge in [-0.15, -0.1) is 0 Å². The molecule has 64 valence electrons. The van der Waals surface area contributed by atoms with Crippen LogP contribution in [0.15, 0.2) is 12.2 Å². The first-order valence-electron chi connectivity index (χ1n) is 3.17. The summed E-state index contributed by atoms with van der Waals surface area (Å²) in [6, 6.07) is 0. The molecule has 0 aliphatic carbocycles. The van der Waals surface area contributed by atoms with Crippen LogP contribution in [0.1, 0.15) is 0 Å². The molecule has 0 rings (SSSR count). The fraction of sp³-hybridized carbons (Fsp3) is 0.571. The molecule has 0 bridgehead atoms. The van der Waals surface area contributed by atoms with Gasteiger partial charge in [0.25, 0.3) is 0 Å². The second-order valence-corrected chi connectivity index (χ2v) is 1.89. The van der Waals surface area contributed by atoms with Gasteiger partial charge in [-0.3, -0.25) is 0 Å². The summed E-state index contributed by atoms with van der Waals surface area (Å²) < 4.78 is 9.25. The Bertz CT molecular complexity index is 141. The summed E-state index contributed by atoms with van der Waals surface area (Å²) in [4.78, 5) is 10.7. The average molecular weight is 160 g/mol. The van der Waals surface area contributed by atoms with Crippen molar-refractivity contribution in [2.75, 3.05) is 26.9 Å². The summed E-state index contributed by atoms with van der Waals surface area (Å²) >= 11 is 0. The summed E-state index contributed by atoms with van der Waals surface area (Å²) in [6.45, 7) is 3.46. The highest BCUT2D eigenvalue weighted by atomic mass is 16.6. The van der Waals surface area contributed by atoms with Crippen LogP contribution in [-0.2, 0) is 14.3 Å². The molecular formula is C7H12O4. The lowest BCUT2D eigenvalue weighted by Gasteiger charge is -2.03. The third kappa shape index (κ3) is 4.52. The van der Waals surface area contributed by atoms with E-state index in [1.54, 1.807) is 0 Å². The molecule has 0 aliphatic heterocycles. The van der Waals surface area contributed by atoms with Gasteiger partial charge in [-0.1, -0.05) is 6.58 Å². The SMILES string of the molecule is C=C(CO)C(=O)OCCOC. The van der Waals surface area contributed by atoms with Gasteiger partial charge in [0.05, 0.1) is 18.8 Å². The van der Waals surface area contributed by atoms with E-state index >= 15 is 0 Å². The predicted molar refractivity (Wildman–Crippen MR) is 39.1 cm³/mol. The predicted octanol–water partition coefficient (Wildman–Crippen LogP) is -0.276. The zero-order valence-corrected chi connectivity index (χ0v) is 6.50. The third-order valence-electron chi connectivity index (χ3n) is 1.00. The van der Waals surface area contributed by atoms with Crippen LogP contribution in [0.4, 0.5) is 0 Å². The number of hydrogen-bond donors (Lipinski definition) is 1. The maximum absolute atomic E-state index is 10.7. The molecular weight excluding hydrogens is 148 g/mol.